The maximum atomic E-state index is 13.8. The van der Waals surface area contributed by atoms with Crippen LogP contribution in [0, 0.1) is 19.7 Å². The van der Waals surface area contributed by atoms with Crippen molar-refractivity contribution in [3.8, 4) is 0 Å². The Bertz CT molecular complexity index is 620. The molecule has 0 saturated carbocycles. The van der Waals surface area contributed by atoms with Crippen LogP contribution in [0.15, 0.2) is 18.2 Å². The van der Waals surface area contributed by atoms with Gasteiger partial charge in [0.2, 0.25) is 0 Å². The molecule has 0 radical (unpaired) electrons. The third-order valence-corrected chi connectivity index (χ3v) is 3.59. The number of hydrogen-bond acceptors (Lipinski definition) is 2. The molecule has 0 aliphatic heterocycles. The average Bonchev–Trinajstić information content (AvgIpc) is 2.67. The first-order valence-corrected chi connectivity index (χ1v) is 7.02. The summed E-state index contributed by atoms with van der Waals surface area (Å²) in [7, 11) is 0. The molecule has 0 fully saturated rings. The van der Waals surface area contributed by atoms with Crippen molar-refractivity contribution in [2.45, 2.75) is 40.3 Å². The van der Waals surface area contributed by atoms with Gasteiger partial charge in [-0.15, -0.1) is 0 Å². The molecule has 1 aromatic carbocycles. The highest BCUT2D eigenvalue weighted by molar-refractivity contribution is 6.30. The zero-order valence-electron chi connectivity index (χ0n) is 12.2. The number of nitrogens with one attached hydrogen (secondary N) is 1. The first kappa shape index (κ1) is 14.9. The molecule has 0 aliphatic carbocycles. The molecule has 108 valence electrons. The molecule has 3 nitrogen and oxygen atoms in total. The number of halogens is 2. The molecule has 0 amide bonds. The van der Waals surface area contributed by atoms with Crippen molar-refractivity contribution in [3.05, 3.63) is 46.0 Å². The van der Waals surface area contributed by atoms with Gasteiger partial charge in [-0.05, 0) is 33.8 Å². The summed E-state index contributed by atoms with van der Waals surface area (Å²) in [6.07, 6.45) is 0. The molecule has 2 aromatic rings. The highest BCUT2D eigenvalue weighted by Gasteiger charge is 2.14. The van der Waals surface area contributed by atoms with Crippen LogP contribution in [0.2, 0.25) is 5.02 Å². The smallest absolute Gasteiger partial charge is 0.146 e. The van der Waals surface area contributed by atoms with E-state index in [4.69, 9.17) is 11.6 Å². The van der Waals surface area contributed by atoms with Gasteiger partial charge in [0, 0.05) is 18.2 Å². The minimum atomic E-state index is -0.367. The number of nitrogens with zero attached hydrogens (tertiary/aromatic N) is 2. The maximum Gasteiger partial charge on any atom is 0.146 e. The van der Waals surface area contributed by atoms with Gasteiger partial charge in [-0.2, -0.15) is 5.10 Å². The van der Waals surface area contributed by atoms with Crippen LogP contribution in [0.25, 0.3) is 0 Å². The zero-order chi connectivity index (χ0) is 14.9. The van der Waals surface area contributed by atoms with E-state index in [1.807, 2.05) is 18.5 Å². The molecule has 0 atom stereocenters. The summed E-state index contributed by atoms with van der Waals surface area (Å²) in [5, 5.41) is 7.90. The Kier molecular flexibility index (Phi) is 4.33. The molecule has 1 heterocycles. The highest BCUT2D eigenvalue weighted by atomic mass is 35.5. The summed E-state index contributed by atoms with van der Waals surface area (Å²) < 4.78 is 15.8. The Morgan fingerprint density at radius 2 is 2.05 bits per heavy atom. The molecule has 0 bridgehead atoms. The van der Waals surface area contributed by atoms with Crippen LogP contribution in [-0.2, 0) is 6.54 Å². The first-order chi connectivity index (χ1) is 9.41. The van der Waals surface area contributed by atoms with E-state index >= 15 is 0 Å². The summed E-state index contributed by atoms with van der Waals surface area (Å²) in [5.74, 6) is -0.367. The van der Waals surface area contributed by atoms with Gasteiger partial charge in [-0.3, -0.25) is 4.68 Å². The normalized spacial score (nSPS) is 11.2. The van der Waals surface area contributed by atoms with Gasteiger partial charge in [-0.25, -0.2) is 4.39 Å². The van der Waals surface area contributed by atoms with E-state index in [9.17, 15) is 4.39 Å². The molecule has 0 spiro atoms. The summed E-state index contributed by atoms with van der Waals surface area (Å²) >= 11 is 5.78. The van der Waals surface area contributed by atoms with E-state index in [-0.39, 0.29) is 10.8 Å². The van der Waals surface area contributed by atoms with Crippen molar-refractivity contribution >= 4 is 17.3 Å². The fourth-order valence-corrected chi connectivity index (χ4v) is 2.48. The maximum absolute atomic E-state index is 13.8. The SMILES string of the molecule is Cc1nn(C(C)C)c(C)c1NCc1cccc(Cl)c1F. The van der Waals surface area contributed by atoms with Crippen LogP contribution in [-0.4, -0.2) is 9.78 Å². The van der Waals surface area contributed by atoms with Gasteiger partial charge >= 0.3 is 0 Å². The molecule has 20 heavy (non-hydrogen) atoms. The lowest BCUT2D eigenvalue weighted by atomic mass is 10.2. The Balaban J connectivity index is 2.21. The number of hydrogen-bond donors (Lipinski definition) is 1. The van der Waals surface area contributed by atoms with E-state index in [0.29, 0.717) is 18.2 Å². The minimum Gasteiger partial charge on any atom is -0.378 e. The number of benzene rings is 1. The lowest BCUT2D eigenvalue weighted by Crippen LogP contribution is -2.06. The summed E-state index contributed by atoms with van der Waals surface area (Å²) in [5.41, 5.74) is 3.48. The van der Waals surface area contributed by atoms with Gasteiger partial charge in [-0.1, -0.05) is 23.7 Å². The minimum absolute atomic E-state index is 0.149. The van der Waals surface area contributed by atoms with Crippen molar-refractivity contribution in [2.24, 2.45) is 0 Å². The van der Waals surface area contributed by atoms with E-state index < -0.39 is 0 Å². The van der Waals surface area contributed by atoms with Crippen molar-refractivity contribution < 1.29 is 4.39 Å². The van der Waals surface area contributed by atoms with Gasteiger partial charge in [0.05, 0.1) is 22.1 Å². The number of aromatic nitrogens is 2. The molecule has 1 aromatic heterocycles. The lowest BCUT2D eigenvalue weighted by Gasteiger charge is -2.10. The van der Waals surface area contributed by atoms with E-state index in [1.165, 1.54) is 0 Å². The molecule has 5 heteroatoms. The van der Waals surface area contributed by atoms with Crippen molar-refractivity contribution in [1.82, 2.24) is 9.78 Å². The first-order valence-electron chi connectivity index (χ1n) is 6.64. The molecule has 2 rings (SSSR count). The largest absolute Gasteiger partial charge is 0.378 e. The van der Waals surface area contributed by atoms with Crippen LogP contribution >= 0.6 is 11.6 Å². The van der Waals surface area contributed by atoms with Crippen molar-refractivity contribution in [2.75, 3.05) is 5.32 Å². The van der Waals surface area contributed by atoms with Gasteiger partial charge in [0.1, 0.15) is 5.82 Å². The standard InChI is InChI=1S/C15H19ClFN3/c1-9(2)20-11(4)15(10(3)19-20)18-8-12-6-5-7-13(16)14(12)17/h5-7,9,18H,8H2,1-4H3. The van der Waals surface area contributed by atoms with Crippen LogP contribution in [0.4, 0.5) is 10.1 Å². The van der Waals surface area contributed by atoms with Gasteiger partial charge in [0.15, 0.2) is 0 Å². The fraction of sp³-hybridized carbons (Fsp3) is 0.400. The van der Waals surface area contributed by atoms with E-state index in [0.717, 1.165) is 17.1 Å². The molecule has 0 aliphatic rings. The summed E-state index contributed by atoms with van der Waals surface area (Å²) in [6.45, 7) is 8.51. The predicted octanol–water partition coefficient (Wildman–Crippen LogP) is 4.49. The average molecular weight is 296 g/mol. The Morgan fingerprint density at radius 1 is 1.35 bits per heavy atom. The molecule has 0 saturated heterocycles. The van der Waals surface area contributed by atoms with Crippen molar-refractivity contribution in [1.29, 1.82) is 0 Å². The van der Waals surface area contributed by atoms with Gasteiger partial charge < -0.3 is 5.32 Å². The Hall–Kier alpha value is -1.55. The molecular formula is C15H19ClFN3. The second-order valence-electron chi connectivity index (χ2n) is 5.15. The highest BCUT2D eigenvalue weighted by Crippen LogP contribution is 2.24. The summed E-state index contributed by atoms with van der Waals surface area (Å²) in [4.78, 5) is 0. The molecular weight excluding hydrogens is 277 g/mol. The lowest BCUT2D eigenvalue weighted by molar-refractivity contribution is 0.516. The number of anilines is 1. The third kappa shape index (κ3) is 2.80. The molecule has 1 N–H and O–H groups in total. The quantitative estimate of drug-likeness (QED) is 0.901. The topological polar surface area (TPSA) is 29.9 Å². The van der Waals surface area contributed by atoms with Crippen LogP contribution in [0.5, 0.6) is 0 Å². The monoisotopic (exact) mass is 295 g/mol. The number of aryl methyl sites for hydroxylation is 1. The molecule has 0 unspecified atom stereocenters. The fourth-order valence-electron chi connectivity index (χ4n) is 2.29. The van der Waals surface area contributed by atoms with E-state index in [1.54, 1.807) is 18.2 Å². The van der Waals surface area contributed by atoms with Gasteiger partial charge in [0.25, 0.3) is 0 Å². The van der Waals surface area contributed by atoms with Crippen LogP contribution in [0.3, 0.4) is 0 Å². The van der Waals surface area contributed by atoms with Crippen LogP contribution < -0.4 is 5.32 Å². The number of rotatable bonds is 4. The Labute approximate surface area is 123 Å². The van der Waals surface area contributed by atoms with E-state index in [2.05, 4.69) is 24.3 Å². The second-order valence-corrected chi connectivity index (χ2v) is 5.56. The predicted molar refractivity (Wildman–Crippen MR) is 80.8 cm³/mol. The Morgan fingerprint density at radius 3 is 2.65 bits per heavy atom. The van der Waals surface area contributed by atoms with Crippen LogP contribution in [0.1, 0.15) is 36.8 Å². The van der Waals surface area contributed by atoms with Crippen molar-refractivity contribution in [3.63, 3.8) is 0 Å². The summed E-state index contributed by atoms with van der Waals surface area (Å²) in [6, 6.07) is 5.33. The third-order valence-electron chi connectivity index (χ3n) is 3.30. The second kappa shape index (κ2) is 5.83. The zero-order valence-corrected chi connectivity index (χ0v) is 12.9.